The van der Waals surface area contributed by atoms with Gasteiger partial charge in [0, 0.05) is 48.6 Å². The smallest absolute Gasteiger partial charge is 0.227 e. The molecule has 196 valence electrons. The summed E-state index contributed by atoms with van der Waals surface area (Å²) in [5.74, 6) is 1.40. The van der Waals surface area contributed by atoms with Crippen LogP contribution >= 0.6 is 15.9 Å². The highest BCUT2D eigenvalue weighted by Crippen LogP contribution is 2.27. The molecule has 0 unspecified atom stereocenters. The third kappa shape index (κ3) is 5.09. The molecule has 2 aliphatic rings. The number of piperidine rings is 1. The van der Waals surface area contributed by atoms with Gasteiger partial charge in [0.25, 0.3) is 0 Å². The van der Waals surface area contributed by atoms with Gasteiger partial charge in [-0.1, -0.05) is 46.3 Å². The number of piperazine rings is 1. The van der Waals surface area contributed by atoms with E-state index in [1.807, 2.05) is 6.07 Å². The third-order valence-electron chi connectivity index (χ3n) is 7.98. The summed E-state index contributed by atoms with van der Waals surface area (Å²) in [6, 6.07) is 25.2. The molecule has 0 radical (unpaired) electrons. The minimum atomic E-state index is 0.0549. The van der Waals surface area contributed by atoms with Gasteiger partial charge in [-0.3, -0.25) is 14.3 Å². The van der Waals surface area contributed by atoms with Crippen LogP contribution < -0.4 is 4.90 Å². The first-order valence-electron chi connectivity index (χ1n) is 13.6. The number of halogens is 1. The van der Waals surface area contributed by atoms with E-state index in [-0.39, 0.29) is 5.92 Å². The van der Waals surface area contributed by atoms with Crippen molar-refractivity contribution in [1.82, 2.24) is 19.4 Å². The number of anilines is 1. The molecule has 0 N–H and O–H groups in total. The second-order valence-corrected chi connectivity index (χ2v) is 11.4. The van der Waals surface area contributed by atoms with E-state index in [9.17, 15) is 4.79 Å². The Balaban J connectivity index is 1.14. The first kappa shape index (κ1) is 25.1. The van der Waals surface area contributed by atoms with E-state index in [0.29, 0.717) is 5.91 Å². The Morgan fingerprint density at radius 3 is 2.45 bits per heavy atom. The molecule has 2 fully saturated rings. The number of carbonyl (C=O) groups is 1. The van der Waals surface area contributed by atoms with Crippen LogP contribution in [0.25, 0.3) is 16.7 Å². The number of hydrogen-bond donors (Lipinski definition) is 0. The molecular weight excluding hydrogens is 538 g/mol. The third-order valence-corrected chi connectivity index (χ3v) is 8.51. The lowest BCUT2D eigenvalue weighted by molar-refractivity contribution is -0.137. The minimum Gasteiger partial charge on any atom is -0.368 e. The summed E-state index contributed by atoms with van der Waals surface area (Å²) in [6.45, 7) is 8.05. The number of hydrogen-bond acceptors (Lipinski definition) is 4. The van der Waals surface area contributed by atoms with Crippen LogP contribution in [0.4, 0.5) is 5.69 Å². The fourth-order valence-electron chi connectivity index (χ4n) is 6.01. The van der Waals surface area contributed by atoms with Crippen molar-refractivity contribution in [3.05, 3.63) is 88.7 Å². The largest absolute Gasteiger partial charge is 0.368 e. The number of para-hydroxylation sites is 3. The molecule has 3 aromatic carbocycles. The summed E-state index contributed by atoms with van der Waals surface area (Å²) in [5.41, 5.74) is 5.80. The maximum absolute atomic E-state index is 13.6. The van der Waals surface area contributed by atoms with E-state index in [2.05, 4.69) is 109 Å². The zero-order valence-corrected chi connectivity index (χ0v) is 23.5. The second kappa shape index (κ2) is 10.9. The molecule has 1 amide bonds. The highest BCUT2D eigenvalue weighted by molar-refractivity contribution is 9.10. The van der Waals surface area contributed by atoms with Gasteiger partial charge in [-0.25, -0.2) is 4.98 Å². The van der Waals surface area contributed by atoms with Gasteiger partial charge in [-0.15, -0.1) is 0 Å². The fourth-order valence-corrected chi connectivity index (χ4v) is 6.27. The fraction of sp³-hybridized carbons (Fsp3) is 0.355. The Kier molecular flexibility index (Phi) is 7.22. The maximum atomic E-state index is 13.6. The Morgan fingerprint density at radius 1 is 0.921 bits per heavy atom. The number of aryl methyl sites for hydroxylation is 1. The lowest BCUT2D eigenvalue weighted by atomic mass is 9.96. The zero-order chi connectivity index (χ0) is 26.1. The molecule has 1 atom stereocenters. The molecule has 1 aromatic heterocycles. The summed E-state index contributed by atoms with van der Waals surface area (Å²) in [7, 11) is 0. The molecule has 38 heavy (non-hydrogen) atoms. The monoisotopic (exact) mass is 571 g/mol. The number of rotatable bonds is 5. The molecular formula is C31H34BrN5O. The average molecular weight is 573 g/mol. The van der Waals surface area contributed by atoms with Crippen molar-refractivity contribution in [1.29, 1.82) is 0 Å². The number of likely N-dealkylation sites (tertiary alicyclic amines) is 1. The number of nitrogens with zero attached hydrogens (tertiary/aromatic N) is 5. The first-order valence-corrected chi connectivity index (χ1v) is 14.4. The summed E-state index contributed by atoms with van der Waals surface area (Å²) in [4.78, 5) is 25.5. The van der Waals surface area contributed by atoms with Gasteiger partial charge in [0.2, 0.25) is 5.91 Å². The van der Waals surface area contributed by atoms with E-state index >= 15 is 0 Å². The second-order valence-electron chi connectivity index (χ2n) is 10.5. The predicted octanol–water partition coefficient (Wildman–Crippen LogP) is 5.66. The highest BCUT2D eigenvalue weighted by Gasteiger charge is 2.32. The van der Waals surface area contributed by atoms with Gasteiger partial charge in [-0.2, -0.15) is 0 Å². The predicted molar refractivity (Wildman–Crippen MR) is 157 cm³/mol. The Bertz CT molecular complexity index is 1420. The van der Waals surface area contributed by atoms with E-state index in [4.69, 9.17) is 4.98 Å². The van der Waals surface area contributed by atoms with Gasteiger partial charge in [-0.05, 0) is 74.3 Å². The maximum Gasteiger partial charge on any atom is 0.227 e. The van der Waals surface area contributed by atoms with Crippen molar-refractivity contribution in [3.63, 3.8) is 0 Å². The number of aromatic nitrogens is 2. The summed E-state index contributed by atoms with van der Waals surface area (Å²) >= 11 is 3.56. The quantitative estimate of drug-likeness (QED) is 0.310. The van der Waals surface area contributed by atoms with Crippen molar-refractivity contribution in [3.8, 4) is 5.69 Å². The van der Waals surface area contributed by atoms with E-state index < -0.39 is 0 Å². The molecule has 7 heteroatoms. The molecule has 3 heterocycles. The molecule has 6 rings (SSSR count). The molecule has 0 saturated carbocycles. The minimum absolute atomic E-state index is 0.0549. The average Bonchev–Trinajstić information content (AvgIpc) is 3.31. The van der Waals surface area contributed by atoms with Crippen molar-refractivity contribution in [2.45, 2.75) is 26.3 Å². The topological polar surface area (TPSA) is 44.6 Å². The highest BCUT2D eigenvalue weighted by atomic mass is 79.9. The van der Waals surface area contributed by atoms with Gasteiger partial charge in [0.15, 0.2) is 0 Å². The molecule has 0 aliphatic carbocycles. The van der Waals surface area contributed by atoms with E-state index in [1.165, 1.54) is 11.3 Å². The van der Waals surface area contributed by atoms with Crippen LogP contribution in [-0.2, 0) is 11.3 Å². The van der Waals surface area contributed by atoms with Gasteiger partial charge in [0.1, 0.15) is 5.82 Å². The summed E-state index contributed by atoms with van der Waals surface area (Å²) in [6.07, 6.45) is 2.01. The van der Waals surface area contributed by atoms with E-state index in [1.54, 1.807) is 0 Å². The molecule has 4 aromatic rings. The Morgan fingerprint density at radius 2 is 1.66 bits per heavy atom. The number of amides is 1. The number of carbonyl (C=O) groups excluding carboxylic acids is 1. The van der Waals surface area contributed by atoms with Crippen LogP contribution in [0.5, 0.6) is 0 Å². The number of benzene rings is 3. The molecule has 0 bridgehead atoms. The van der Waals surface area contributed by atoms with E-state index in [0.717, 1.165) is 85.7 Å². The van der Waals surface area contributed by atoms with Gasteiger partial charge < -0.3 is 9.80 Å². The van der Waals surface area contributed by atoms with Crippen LogP contribution in [-0.4, -0.2) is 64.5 Å². The van der Waals surface area contributed by atoms with Crippen LogP contribution in [0.3, 0.4) is 0 Å². The standard InChI is InChI=1S/C31H34BrN5O/c1-23-7-2-4-10-28(23)35-17-19-36(20-18-35)31(38)24-8-6-16-34(21-24)22-30-33-27-9-3-5-11-29(27)37(30)26-14-12-25(32)13-15-26/h2-5,7,9-15,24H,6,8,16-22H2,1H3/t24-/m1/s1. The lowest BCUT2D eigenvalue weighted by Crippen LogP contribution is -2.52. The summed E-state index contributed by atoms with van der Waals surface area (Å²) < 4.78 is 3.32. The van der Waals surface area contributed by atoms with Crippen LogP contribution in [0.15, 0.2) is 77.3 Å². The normalized spacial score (nSPS) is 18.7. The van der Waals surface area contributed by atoms with Gasteiger partial charge >= 0.3 is 0 Å². The molecule has 0 spiro atoms. The van der Waals surface area contributed by atoms with Gasteiger partial charge in [0.05, 0.1) is 23.5 Å². The van der Waals surface area contributed by atoms with Crippen molar-refractivity contribution in [2.24, 2.45) is 5.92 Å². The van der Waals surface area contributed by atoms with Crippen LogP contribution in [0.2, 0.25) is 0 Å². The van der Waals surface area contributed by atoms with Crippen LogP contribution in [0.1, 0.15) is 24.2 Å². The molecule has 6 nitrogen and oxygen atoms in total. The number of imidazole rings is 1. The Hall–Kier alpha value is -3.16. The Labute approximate surface area is 233 Å². The lowest BCUT2D eigenvalue weighted by Gasteiger charge is -2.40. The van der Waals surface area contributed by atoms with Crippen molar-refractivity contribution >= 4 is 38.6 Å². The molecule has 2 aliphatic heterocycles. The molecule has 2 saturated heterocycles. The first-order chi connectivity index (χ1) is 18.6. The van der Waals surface area contributed by atoms with Crippen molar-refractivity contribution in [2.75, 3.05) is 44.2 Å². The summed E-state index contributed by atoms with van der Waals surface area (Å²) in [5, 5.41) is 0. The van der Waals surface area contributed by atoms with Crippen LogP contribution in [0, 0.1) is 12.8 Å². The SMILES string of the molecule is Cc1ccccc1N1CCN(C(=O)[C@@H]2CCCN(Cc3nc4ccccc4n3-c3ccc(Br)cc3)C2)CC1. The number of fused-ring (bicyclic) bond motifs is 1. The zero-order valence-electron chi connectivity index (χ0n) is 21.9. The van der Waals surface area contributed by atoms with Crippen molar-refractivity contribution < 1.29 is 4.79 Å².